The summed E-state index contributed by atoms with van der Waals surface area (Å²) in [5.41, 5.74) is 5.04. The zero-order valence-electron chi connectivity index (χ0n) is 23.3. The Morgan fingerprint density at radius 2 is 1.90 bits per heavy atom. The smallest absolute Gasteiger partial charge is 0.276 e. The minimum Gasteiger partial charge on any atom is -0.361 e. The third-order valence-electron chi connectivity index (χ3n) is 7.78. The molecule has 4 aromatic rings. The van der Waals surface area contributed by atoms with Crippen LogP contribution in [-0.2, 0) is 17.6 Å². The average Bonchev–Trinajstić information content (AvgIpc) is 3.43. The number of likely N-dealkylation sites (tertiary alicyclic amines) is 1. The molecular formula is C31H32ClN7O3. The van der Waals surface area contributed by atoms with Crippen molar-refractivity contribution in [2.24, 2.45) is 5.92 Å². The number of carbonyl (C=O) groups excluding carboxylic acids is 2. The predicted molar refractivity (Wildman–Crippen MR) is 162 cm³/mol. The van der Waals surface area contributed by atoms with Crippen molar-refractivity contribution in [2.45, 2.75) is 45.4 Å². The number of fused-ring (bicyclic) bond motifs is 6. The van der Waals surface area contributed by atoms with Gasteiger partial charge in [0.2, 0.25) is 11.9 Å². The molecule has 2 aromatic carbocycles. The Bertz CT molecular complexity index is 1610. The molecule has 6 rings (SSSR count). The van der Waals surface area contributed by atoms with Crippen molar-refractivity contribution in [3.8, 4) is 0 Å². The van der Waals surface area contributed by atoms with Gasteiger partial charge in [-0.05, 0) is 86.4 Å². The standard InChI is InChI=1S/C31H32ClN7O3/c1-19-15-27(38-42-19)30(41)39-13-11-20(12-14-39)6-10-28(40)36-26-9-8-24-17-22(26)7-5-21-3-2-4-23(16-21)35-31-33-18-25(32)29(34-24)37-31/h2-4,8-9,15-18,20H,5-7,10-14H2,1H3,(H,36,40)(H2,33,34,35,37). The first kappa shape index (κ1) is 27.7. The molecule has 0 atom stereocenters. The van der Waals surface area contributed by atoms with E-state index in [1.54, 1.807) is 19.2 Å². The molecule has 3 N–H and O–H groups in total. The quantitative estimate of drug-likeness (QED) is 0.250. The van der Waals surface area contributed by atoms with Gasteiger partial charge in [0.15, 0.2) is 11.5 Å². The summed E-state index contributed by atoms with van der Waals surface area (Å²) in [4.78, 5) is 36.4. The van der Waals surface area contributed by atoms with Crippen LogP contribution >= 0.6 is 11.6 Å². The monoisotopic (exact) mass is 585 g/mol. The van der Waals surface area contributed by atoms with Crippen molar-refractivity contribution in [1.82, 2.24) is 20.0 Å². The maximum absolute atomic E-state index is 13.1. The van der Waals surface area contributed by atoms with E-state index in [4.69, 9.17) is 16.1 Å². The van der Waals surface area contributed by atoms with Gasteiger partial charge in [0.25, 0.3) is 5.91 Å². The fraction of sp³-hybridized carbons (Fsp3) is 0.323. The van der Waals surface area contributed by atoms with Gasteiger partial charge in [-0.2, -0.15) is 4.98 Å². The van der Waals surface area contributed by atoms with Crippen molar-refractivity contribution < 1.29 is 14.1 Å². The molecular weight excluding hydrogens is 554 g/mol. The molecule has 10 nitrogen and oxygen atoms in total. The highest BCUT2D eigenvalue weighted by molar-refractivity contribution is 6.32. The molecule has 216 valence electrons. The van der Waals surface area contributed by atoms with Crippen LogP contribution in [0.5, 0.6) is 0 Å². The molecule has 0 unspecified atom stereocenters. The van der Waals surface area contributed by atoms with E-state index in [9.17, 15) is 9.59 Å². The summed E-state index contributed by atoms with van der Waals surface area (Å²) in [7, 11) is 0. The topological polar surface area (TPSA) is 125 Å². The number of aromatic nitrogens is 3. The number of nitrogens with one attached hydrogen (secondary N) is 3. The first-order valence-electron chi connectivity index (χ1n) is 14.2. The van der Waals surface area contributed by atoms with E-state index in [0.29, 0.717) is 53.7 Å². The fourth-order valence-corrected chi connectivity index (χ4v) is 5.60. The average molecular weight is 586 g/mol. The van der Waals surface area contributed by atoms with Crippen LogP contribution in [0.15, 0.2) is 59.3 Å². The van der Waals surface area contributed by atoms with Crippen molar-refractivity contribution in [3.63, 3.8) is 0 Å². The minimum absolute atomic E-state index is 0.0128. The number of carbonyl (C=O) groups is 2. The molecule has 2 aliphatic rings. The molecule has 0 radical (unpaired) electrons. The number of anilines is 5. The van der Waals surface area contributed by atoms with Crippen LogP contribution in [0.4, 0.5) is 28.8 Å². The molecule has 42 heavy (non-hydrogen) atoms. The number of piperidine rings is 1. The van der Waals surface area contributed by atoms with Crippen LogP contribution in [0.1, 0.15) is 53.1 Å². The number of rotatable bonds is 5. The summed E-state index contributed by atoms with van der Waals surface area (Å²) in [5, 5.41) is 13.9. The van der Waals surface area contributed by atoms with Gasteiger partial charge in [-0.3, -0.25) is 9.59 Å². The molecule has 1 fully saturated rings. The van der Waals surface area contributed by atoms with Crippen LogP contribution in [0, 0.1) is 12.8 Å². The number of benzene rings is 2. The third-order valence-corrected chi connectivity index (χ3v) is 8.06. The number of hydrogen-bond donors (Lipinski definition) is 3. The Labute approximate surface area is 248 Å². The number of halogens is 1. The zero-order chi connectivity index (χ0) is 29.1. The maximum Gasteiger partial charge on any atom is 0.276 e. The van der Waals surface area contributed by atoms with Crippen LogP contribution in [0.3, 0.4) is 0 Å². The molecule has 11 heteroatoms. The van der Waals surface area contributed by atoms with Crippen molar-refractivity contribution >= 4 is 52.2 Å². The first-order chi connectivity index (χ1) is 20.4. The van der Waals surface area contributed by atoms with Gasteiger partial charge < -0.3 is 25.4 Å². The van der Waals surface area contributed by atoms with Gasteiger partial charge >= 0.3 is 0 Å². The van der Waals surface area contributed by atoms with E-state index in [-0.39, 0.29) is 11.8 Å². The molecule has 0 spiro atoms. The van der Waals surface area contributed by atoms with Crippen LogP contribution < -0.4 is 16.0 Å². The van der Waals surface area contributed by atoms with E-state index in [1.165, 1.54) is 0 Å². The van der Waals surface area contributed by atoms with Gasteiger partial charge in [0.05, 0.1) is 6.20 Å². The lowest BCUT2D eigenvalue weighted by Gasteiger charge is -2.31. The van der Waals surface area contributed by atoms with Crippen LogP contribution in [0.25, 0.3) is 0 Å². The highest BCUT2D eigenvalue weighted by atomic mass is 35.5. The van der Waals surface area contributed by atoms with E-state index < -0.39 is 0 Å². The second-order valence-corrected chi connectivity index (χ2v) is 11.3. The predicted octanol–water partition coefficient (Wildman–Crippen LogP) is 6.28. The van der Waals surface area contributed by atoms with Gasteiger partial charge in [0.1, 0.15) is 10.8 Å². The lowest BCUT2D eigenvalue weighted by atomic mass is 9.92. The third kappa shape index (κ3) is 6.54. The number of hydrogen-bond acceptors (Lipinski definition) is 8. The fourth-order valence-electron chi connectivity index (χ4n) is 5.47. The molecule has 2 aliphatic heterocycles. The van der Waals surface area contributed by atoms with Crippen LogP contribution in [0.2, 0.25) is 5.02 Å². The summed E-state index contributed by atoms with van der Waals surface area (Å²) in [6.07, 6.45) is 6.03. The Hall–Kier alpha value is -4.44. The molecule has 2 aromatic heterocycles. The van der Waals surface area contributed by atoms with E-state index in [2.05, 4.69) is 43.2 Å². The van der Waals surface area contributed by atoms with E-state index in [0.717, 1.165) is 60.3 Å². The minimum atomic E-state index is -0.0967. The summed E-state index contributed by atoms with van der Waals surface area (Å²) < 4.78 is 5.04. The van der Waals surface area contributed by atoms with Crippen molar-refractivity contribution in [2.75, 3.05) is 29.0 Å². The van der Waals surface area contributed by atoms with Gasteiger partial charge in [0, 0.05) is 42.6 Å². The van der Waals surface area contributed by atoms with Gasteiger partial charge in [-0.1, -0.05) is 28.9 Å². The summed E-state index contributed by atoms with van der Waals surface area (Å²) >= 11 is 6.39. The second-order valence-electron chi connectivity index (χ2n) is 10.9. The summed E-state index contributed by atoms with van der Waals surface area (Å²) in [6, 6.07) is 15.7. The first-order valence-corrected chi connectivity index (χ1v) is 14.6. The maximum atomic E-state index is 13.1. The lowest BCUT2D eigenvalue weighted by Crippen LogP contribution is -2.38. The van der Waals surface area contributed by atoms with Crippen molar-refractivity contribution in [1.29, 1.82) is 0 Å². The lowest BCUT2D eigenvalue weighted by molar-refractivity contribution is -0.116. The molecule has 6 bridgehead atoms. The SMILES string of the molecule is Cc1cc(C(=O)N2CCC(CCC(=O)Nc3ccc4cc3CCc3cccc(c3)Nc3ncc(Cl)c(n3)N4)CC2)no1. The number of amides is 2. The zero-order valence-corrected chi connectivity index (χ0v) is 24.1. The summed E-state index contributed by atoms with van der Waals surface area (Å²) in [5.74, 6) is 1.85. The molecule has 0 saturated carbocycles. The second kappa shape index (κ2) is 12.2. The Morgan fingerprint density at radius 3 is 2.71 bits per heavy atom. The van der Waals surface area contributed by atoms with Crippen LogP contribution in [-0.4, -0.2) is 44.9 Å². The molecule has 2 amide bonds. The normalized spacial score (nSPS) is 15.0. The molecule has 0 aliphatic carbocycles. The van der Waals surface area contributed by atoms with Crippen molar-refractivity contribution in [3.05, 3.63) is 82.3 Å². The molecule has 1 saturated heterocycles. The van der Waals surface area contributed by atoms with Gasteiger partial charge in [-0.15, -0.1) is 0 Å². The number of aryl methyl sites for hydroxylation is 3. The highest BCUT2D eigenvalue weighted by Crippen LogP contribution is 2.30. The summed E-state index contributed by atoms with van der Waals surface area (Å²) in [6.45, 7) is 3.09. The number of nitrogens with zero attached hydrogens (tertiary/aromatic N) is 4. The Kier molecular flexibility index (Phi) is 8.05. The highest BCUT2D eigenvalue weighted by Gasteiger charge is 2.26. The van der Waals surface area contributed by atoms with E-state index in [1.807, 2.05) is 35.2 Å². The Balaban J connectivity index is 1.10. The largest absolute Gasteiger partial charge is 0.361 e. The van der Waals surface area contributed by atoms with Gasteiger partial charge in [-0.25, -0.2) is 4.98 Å². The molecule has 4 heterocycles. The Morgan fingerprint density at radius 1 is 1.07 bits per heavy atom. The van der Waals surface area contributed by atoms with E-state index >= 15 is 0 Å².